The first kappa shape index (κ1) is 14.2. The lowest BCUT2D eigenvalue weighted by Gasteiger charge is -2.01. The van der Waals surface area contributed by atoms with Gasteiger partial charge in [-0.05, 0) is 35.7 Å². The Morgan fingerprint density at radius 2 is 1.83 bits per heavy atom. The smallest absolute Gasteiger partial charge is 0.335 e. The Bertz CT molecular complexity index is 1060. The summed E-state index contributed by atoms with van der Waals surface area (Å²) < 4.78 is 10.9. The first-order valence-electron chi connectivity index (χ1n) is 7.47. The average molecular weight is 315 g/mol. The van der Waals surface area contributed by atoms with Gasteiger partial charge in [-0.15, -0.1) is 0 Å². The molecule has 24 heavy (non-hydrogen) atoms. The topological polar surface area (TPSA) is 52.3 Å². The summed E-state index contributed by atoms with van der Waals surface area (Å²) in [6.07, 6.45) is 1.12. The molecule has 0 radical (unpaired) electrons. The number of fused-ring (bicyclic) bond motifs is 3. The fourth-order valence-electron chi connectivity index (χ4n) is 2.61. The first-order chi connectivity index (χ1) is 11.7. The quantitative estimate of drug-likeness (QED) is 0.311. The summed E-state index contributed by atoms with van der Waals surface area (Å²) >= 11 is 0. The van der Waals surface area contributed by atoms with E-state index in [0.717, 1.165) is 33.5 Å². The molecule has 0 aliphatic rings. The Morgan fingerprint density at radius 3 is 2.62 bits per heavy atom. The van der Waals surface area contributed by atoms with Crippen LogP contribution in [0.3, 0.4) is 0 Å². The molecule has 0 saturated heterocycles. The number of nitrogens with zero attached hydrogens (tertiary/aromatic N) is 1. The standard InChI is InChI=1S/C20H13NO3/c1-2-18(22)23-15-10-7-14(8-11-15)20-21-19-16-6-4-3-5-13(16)9-12-17(19)24-20/h2-12H,1H2. The van der Waals surface area contributed by atoms with Crippen molar-refractivity contribution in [1.29, 1.82) is 0 Å². The van der Waals surface area contributed by atoms with Crippen molar-refractivity contribution in [2.45, 2.75) is 0 Å². The summed E-state index contributed by atoms with van der Waals surface area (Å²) in [6.45, 7) is 3.37. The van der Waals surface area contributed by atoms with Gasteiger partial charge in [-0.3, -0.25) is 0 Å². The summed E-state index contributed by atoms with van der Waals surface area (Å²) in [5.74, 6) is 0.490. The summed E-state index contributed by atoms with van der Waals surface area (Å²) in [5.41, 5.74) is 2.39. The van der Waals surface area contributed by atoms with E-state index in [1.807, 2.05) is 36.4 Å². The predicted octanol–water partition coefficient (Wildman–Crippen LogP) is 4.74. The van der Waals surface area contributed by atoms with Crippen molar-refractivity contribution in [3.8, 4) is 17.2 Å². The van der Waals surface area contributed by atoms with Gasteiger partial charge < -0.3 is 9.15 Å². The van der Waals surface area contributed by atoms with Crippen LogP contribution in [0.15, 0.2) is 77.7 Å². The van der Waals surface area contributed by atoms with Gasteiger partial charge in [0.2, 0.25) is 5.89 Å². The van der Waals surface area contributed by atoms with Gasteiger partial charge in [0.05, 0.1) is 0 Å². The Kier molecular flexibility index (Phi) is 3.35. The Morgan fingerprint density at radius 1 is 1.04 bits per heavy atom. The maximum atomic E-state index is 11.2. The molecule has 0 aliphatic heterocycles. The van der Waals surface area contributed by atoms with Crippen molar-refractivity contribution in [1.82, 2.24) is 4.98 Å². The van der Waals surface area contributed by atoms with E-state index in [1.54, 1.807) is 24.3 Å². The lowest BCUT2D eigenvalue weighted by atomic mass is 10.1. The minimum Gasteiger partial charge on any atom is -0.436 e. The second-order valence-electron chi connectivity index (χ2n) is 5.30. The minimum atomic E-state index is -0.490. The monoisotopic (exact) mass is 315 g/mol. The number of esters is 1. The number of benzene rings is 3. The second-order valence-corrected chi connectivity index (χ2v) is 5.30. The van der Waals surface area contributed by atoms with Crippen LogP contribution in [0.2, 0.25) is 0 Å². The fraction of sp³-hybridized carbons (Fsp3) is 0. The molecule has 0 fully saturated rings. The molecule has 0 unspecified atom stereocenters. The van der Waals surface area contributed by atoms with Gasteiger partial charge in [-0.2, -0.15) is 0 Å². The molecule has 4 aromatic rings. The number of carbonyl (C=O) groups is 1. The highest BCUT2D eigenvalue weighted by Gasteiger charge is 2.11. The molecule has 116 valence electrons. The van der Waals surface area contributed by atoms with E-state index in [0.29, 0.717) is 11.6 Å². The highest BCUT2D eigenvalue weighted by atomic mass is 16.5. The van der Waals surface area contributed by atoms with Crippen molar-refractivity contribution in [3.63, 3.8) is 0 Å². The van der Waals surface area contributed by atoms with Crippen LogP contribution in [0.1, 0.15) is 0 Å². The Labute approximate surface area is 138 Å². The van der Waals surface area contributed by atoms with Crippen molar-refractivity contribution >= 4 is 27.8 Å². The largest absolute Gasteiger partial charge is 0.436 e. The second kappa shape index (κ2) is 5.66. The zero-order valence-electron chi connectivity index (χ0n) is 12.7. The molecule has 0 saturated carbocycles. The number of ether oxygens (including phenoxy) is 1. The van der Waals surface area contributed by atoms with E-state index < -0.39 is 5.97 Å². The predicted molar refractivity (Wildman–Crippen MR) is 92.8 cm³/mol. The van der Waals surface area contributed by atoms with Gasteiger partial charge in [-0.1, -0.05) is 36.9 Å². The highest BCUT2D eigenvalue weighted by Crippen LogP contribution is 2.30. The Balaban J connectivity index is 1.75. The zero-order valence-corrected chi connectivity index (χ0v) is 12.7. The minimum absolute atomic E-state index is 0.449. The summed E-state index contributed by atoms with van der Waals surface area (Å²) in [6, 6.07) is 19.0. The number of hydrogen-bond acceptors (Lipinski definition) is 4. The molecular weight excluding hydrogens is 302 g/mol. The average Bonchev–Trinajstić information content (AvgIpc) is 3.07. The van der Waals surface area contributed by atoms with Gasteiger partial charge in [-0.25, -0.2) is 9.78 Å². The van der Waals surface area contributed by atoms with Crippen molar-refractivity contribution in [2.75, 3.05) is 0 Å². The molecule has 4 rings (SSSR count). The lowest BCUT2D eigenvalue weighted by Crippen LogP contribution is -2.02. The molecule has 0 N–H and O–H groups in total. The zero-order chi connectivity index (χ0) is 16.5. The summed E-state index contributed by atoms with van der Waals surface area (Å²) in [4.78, 5) is 15.8. The van der Waals surface area contributed by atoms with Crippen LogP contribution < -0.4 is 4.74 Å². The Hall–Kier alpha value is -3.40. The highest BCUT2D eigenvalue weighted by molar-refractivity contribution is 6.03. The van der Waals surface area contributed by atoms with Gasteiger partial charge in [0.25, 0.3) is 0 Å². The number of hydrogen-bond donors (Lipinski definition) is 0. The van der Waals surface area contributed by atoms with E-state index in [4.69, 9.17) is 9.15 Å². The number of aromatic nitrogens is 1. The van der Waals surface area contributed by atoms with Crippen molar-refractivity contribution < 1.29 is 13.9 Å². The molecule has 1 aromatic heterocycles. The van der Waals surface area contributed by atoms with Gasteiger partial charge in [0, 0.05) is 17.0 Å². The summed E-state index contributed by atoms with van der Waals surface area (Å²) in [5, 5.41) is 2.18. The normalized spacial score (nSPS) is 10.8. The maximum absolute atomic E-state index is 11.2. The molecule has 3 aromatic carbocycles. The van der Waals surface area contributed by atoms with Gasteiger partial charge >= 0.3 is 5.97 Å². The lowest BCUT2D eigenvalue weighted by molar-refractivity contribution is -0.128. The van der Waals surface area contributed by atoms with Crippen molar-refractivity contribution in [3.05, 3.63) is 73.3 Å². The van der Waals surface area contributed by atoms with Crippen LogP contribution in [0, 0.1) is 0 Å². The van der Waals surface area contributed by atoms with Crippen LogP contribution in [-0.4, -0.2) is 11.0 Å². The number of rotatable bonds is 3. The number of carbonyl (C=O) groups excluding carboxylic acids is 1. The third-order valence-corrected chi connectivity index (χ3v) is 3.77. The van der Waals surface area contributed by atoms with Crippen LogP contribution in [0.25, 0.3) is 33.3 Å². The van der Waals surface area contributed by atoms with Crippen LogP contribution in [-0.2, 0) is 4.79 Å². The number of oxazole rings is 1. The van der Waals surface area contributed by atoms with Gasteiger partial charge in [0.15, 0.2) is 5.58 Å². The third-order valence-electron chi connectivity index (χ3n) is 3.77. The van der Waals surface area contributed by atoms with E-state index >= 15 is 0 Å². The molecule has 0 atom stereocenters. The maximum Gasteiger partial charge on any atom is 0.335 e. The van der Waals surface area contributed by atoms with E-state index in [9.17, 15) is 4.79 Å². The van der Waals surface area contributed by atoms with E-state index in [1.165, 1.54) is 0 Å². The van der Waals surface area contributed by atoms with E-state index in [-0.39, 0.29) is 0 Å². The van der Waals surface area contributed by atoms with Crippen LogP contribution >= 0.6 is 0 Å². The van der Waals surface area contributed by atoms with E-state index in [2.05, 4.69) is 11.6 Å². The molecule has 0 bridgehead atoms. The SMILES string of the molecule is C=CC(=O)Oc1ccc(-c2nc3c(ccc4ccccc43)o2)cc1. The molecule has 4 heteroatoms. The van der Waals surface area contributed by atoms with Crippen LogP contribution in [0.5, 0.6) is 5.75 Å². The molecule has 0 amide bonds. The molecular formula is C20H13NO3. The van der Waals surface area contributed by atoms with Crippen molar-refractivity contribution in [2.24, 2.45) is 0 Å². The molecule has 0 aliphatic carbocycles. The van der Waals surface area contributed by atoms with Crippen LogP contribution in [0.4, 0.5) is 0 Å². The van der Waals surface area contributed by atoms with Gasteiger partial charge in [0.1, 0.15) is 11.3 Å². The fourth-order valence-corrected chi connectivity index (χ4v) is 2.61. The molecule has 0 spiro atoms. The third kappa shape index (κ3) is 2.44. The summed E-state index contributed by atoms with van der Waals surface area (Å²) in [7, 11) is 0. The first-order valence-corrected chi connectivity index (χ1v) is 7.47. The molecule has 4 nitrogen and oxygen atoms in total. The molecule has 1 heterocycles.